The molecule has 3 saturated carbocycles. The van der Waals surface area contributed by atoms with E-state index in [1.807, 2.05) is 6.20 Å². The minimum Gasteiger partial charge on any atom is -0.391 e. The average molecular weight is 492 g/mol. The third-order valence-electron chi connectivity index (χ3n) is 9.09. The Bertz CT molecular complexity index is 776. The van der Waals surface area contributed by atoms with Crippen molar-refractivity contribution < 1.29 is 13.6 Å². The van der Waals surface area contributed by atoms with Gasteiger partial charge >= 0.3 is 6.03 Å². The predicted octanol–water partition coefficient (Wildman–Crippen LogP) is 4.17. The Hall–Kier alpha value is -1.70. The summed E-state index contributed by atoms with van der Waals surface area (Å²) in [6.07, 6.45) is 12.6. The number of carbonyl (C=O) groups excluding carboxylic acids is 1. The highest BCUT2D eigenvalue weighted by atomic mass is 19.1. The molecule has 0 radical (unpaired) electrons. The number of hydrogen-bond donors (Lipinski definition) is 4. The summed E-state index contributed by atoms with van der Waals surface area (Å²) in [6, 6.07) is 0.695. The molecule has 0 aromatic carbocycles. The molecule has 5 rings (SSSR count). The highest BCUT2D eigenvalue weighted by Gasteiger charge is 2.43. The number of rotatable bonds is 5. The van der Waals surface area contributed by atoms with E-state index in [0.717, 1.165) is 57.9 Å². The lowest BCUT2D eigenvalue weighted by Crippen LogP contribution is -2.61. The Kier molecular flexibility index (Phi) is 8.25. The van der Waals surface area contributed by atoms with Gasteiger partial charge in [0.15, 0.2) is 0 Å². The lowest BCUT2D eigenvalue weighted by atomic mass is 9.72. The lowest BCUT2D eigenvalue weighted by Gasteiger charge is -2.46. The zero-order valence-corrected chi connectivity index (χ0v) is 20.9. The largest absolute Gasteiger partial charge is 0.391 e. The number of hydrogen-bond acceptors (Lipinski definition) is 4. The van der Waals surface area contributed by atoms with Crippen LogP contribution in [0.4, 0.5) is 13.6 Å². The summed E-state index contributed by atoms with van der Waals surface area (Å²) >= 11 is 0. The summed E-state index contributed by atoms with van der Waals surface area (Å²) < 4.78 is 27.7. The third-order valence-corrected chi connectivity index (χ3v) is 9.09. The standard InChI is InChI=1S/C27H43F2N5O/c28-20-7-3-18(4-8-20)25-26(19-5-9-21(29)10-6-19)34-24-14-22(11-12-23(24)33-25)32-27(35)31-16-17-2-1-13-30-15-17/h1,13,17-25,30,33H,2-12,14-16H2,(H2,31,32,35). The van der Waals surface area contributed by atoms with Crippen LogP contribution in [0.1, 0.15) is 77.0 Å². The lowest BCUT2D eigenvalue weighted by molar-refractivity contribution is 0.166. The minimum absolute atomic E-state index is 0.0851. The molecule has 0 spiro atoms. The van der Waals surface area contributed by atoms with Gasteiger partial charge in [0.1, 0.15) is 12.3 Å². The van der Waals surface area contributed by atoms with E-state index in [9.17, 15) is 13.6 Å². The molecule has 196 valence electrons. The number of amides is 2. The number of allylic oxidation sites excluding steroid dienone is 1. The number of nitrogens with zero attached hydrogens (tertiary/aromatic N) is 1. The molecule has 5 atom stereocenters. The van der Waals surface area contributed by atoms with Gasteiger partial charge in [0.05, 0.1) is 6.04 Å². The van der Waals surface area contributed by atoms with Crippen LogP contribution in [0, 0.1) is 17.8 Å². The molecule has 35 heavy (non-hydrogen) atoms. The second-order valence-electron chi connectivity index (χ2n) is 11.6. The van der Waals surface area contributed by atoms with E-state index in [4.69, 9.17) is 4.99 Å². The predicted molar refractivity (Wildman–Crippen MR) is 135 cm³/mol. The van der Waals surface area contributed by atoms with Crippen molar-refractivity contribution in [1.29, 1.82) is 0 Å². The fourth-order valence-electron chi connectivity index (χ4n) is 6.99. The number of urea groups is 1. The van der Waals surface area contributed by atoms with Gasteiger partial charge in [-0.3, -0.25) is 4.99 Å². The van der Waals surface area contributed by atoms with E-state index in [-0.39, 0.29) is 24.2 Å². The molecule has 4 N–H and O–H groups in total. The van der Waals surface area contributed by atoms with Crippen LogP contribution >= 0.6 is 0 Å². The van der Waals surface area contributed by atoms with Crippen molar-refractivity contribution in [3.63, 3.8) is 0 Å². The molecule has 0 saturated heterocycles. The van der Waals surface area contributed by atoms with E-state index < -0.39 is 12.3 Å². The Labute approximate surface area is 208 Å². The molecule has 3 aliphatic carbocycles. The van der Waals surface area contributed by atoms with Crippen molar-refractivity contribution in [2.75, 3.05) is 13.1 Å². The summed E-state index contributed by atoms with van der Waals surface area (Å²) in [5.41, 5.74) is 1.23. The molecule has 5 unspecified atom stereocenters. The van der Waals surface area contributed by atoms with Gasteiger partial charge in [-0.05, 0) is 101 Å². The summed E-state index contributed by atoms with van der Waals surface area (Å²) in [7, 11) is 0. The van der Waals surface area contributed by atoms with Crippen molar-refractivity contribution in [2.24, 2.45) is 22.7 Å². The summed E-state index contributed by atoms with van der Waals surface area (Å²) in [5.74, 6) is 1.19. The van der Waals surface area contributed by atoms with Crippen molar-refractivity contribution >= 4 is 11.7 Å². The van der Waals surface area contributed by atoms with E-state index in [0.29, 0.717) is 56.0 Å². The Balaban J connectivity index is 1.21. The van der Waals surface area contributed by atoms with Crippen molar-refractivity contribution in [3.8, 4) is 0 Å². The smallest absolute Gasteiger partial charge is 0.315 e. The molecule has 2 amide bonds. The first-order valence-electron chi connectivity index (χ1n) is 14.1. The number of nitrogens with one attached hydrogen (secondary N) is 4. The quantitative estimate of drug-likeness (QED) is 0.466. The summed E-state index contributed by atoms with van der Waals surface area (Å²) in [6.45, 7) is 1.57. The van der Waals surface area contributed by atoms with Crippen LogP contribution in [0.3, 0.4) is 0 Å². The highest BCUT2D eigenvalue weighted by Crippen LogP contribution is 2.38. The van der Waals surface area contributed by atoms with E-state index in [1.54, 1.807) is 0 Å². The fourth-order valence-corrected chi connectivity index (χ4v) is 6.99. The van der Waals surface area contributed by atoms with Crippen molar-refractivity contribution in [3.05, 3.63) is 12.3 Å². The first kappa shape index (κ1) is 25.0. The van der Waals surface area contributed by atoms with Crippen LogP contribution < -0.4 is 21.3 Å². The van der Waals surface area contributed by atoms with Crippen molar-refractivity contribution in [1.82, 2.24) is 21.3 Å². The second-order valence-corrected chi connectivity index (χ2v) is 11.6. The maximum Gasteiger partial charge on any atom is 0.315 e. The molecular weight excluding hydrogens is 448 g/mol. The Morgan fingerprint density at radius 3 is 2.46 bits per heavy atom. The molecular formula is C27H43F2N5O. The first-order valence-corrected chi connectivity index (χ1v) is 14.1. The molecule has 2 heterocycles. The number of fused-ring (bicyclic) bond motifs is 1. The monoisotopic (exact) mass is 491 g/mol. The number of carbonyl (C=O) groups is 1. The molecule has 0 aromatic rings. The normalized spacial score (nSPS) is 41.8. The SMILES string of the molecule is O=C(NCC1CC=CNC1)NC1CCC2NC(C3CCC(F)CC3)C(C3CCC(F)CC3)=NC2C1. The Morgan fingerprint density at radius 1 is 1.00 bits per heavy atom. The van der Waals surface area contributed by atoms with Gasteiger partial charge in [-0.2, -0.15) is 0 Å². The van der Waals surface area contributed by atoms with Gasteiger partial charge in [0.2, 0.25) is 0 Å². The highest BCUT2D eigenvalue weighted by molar-refractivity contribution is 5.93. The second kappa shape index (κ2) is 11.6. The van der Waals surface area contributed by atoms with E-state index >= 15 is 0 Å². The summed E-state index contributed by atoms with van der Waals surface area (Å²) in [5, 5.41) is 13.4. The van der Waals surface area contributed by atoms with Gasteiger partial charge in [0, 0.05) is 36.9 Å². The molecule has 8 heteroatoms. The van der Waals surface area contributed by atoms with Gasteiger partial charge < -0.3 is 21.3 Å². The maximum atomic E-state index is 13.9. The zero-order valence-electron chi connectivity index (χ0n) is 20.9. The van der Waals surface area contributed by atoms with Gasteiger partial charge in [-0.1, -0.05) is 6.08 Å². The molecule has 0 aromatic heterocycles. The first-order chi connectivity index (χ1) is 17.0. The molecule has 3 fully saturated rings. The molecule has 5 aliphatic rings. The fraction of sp³-hybridized carbons (Fsp3) is 0.852. The average Bonchev–Trinajstić information content (AvgIpc) is 2.88. The van der Waals surface area contributed by atoms with Crippen LogP contribution in [-0.4, -0.2) is 61.3 Å². The Morgan fingerprint density at radius 2 is 1.74 bits per heavy atom. The van der Waals surface area contributed by atoms with Crippen molar-refractivity contribution in [2.45, 2.75) is 114 Å². The number of aliphatic imine (C=N–C) groups is 1. The number of alkyl halides is 2. The molecule has 2 aliphatic heterocycles. The summed E-state index contributed by atoms with van der Waals surface area (Å²) in [4.78, 5) is 17.9. The molecule has 6 nitrogen and oxygen atoms in total. The van der Waals surface area contributed by atoms with Crippen LogP contribution in [-0.2, 0) is 0 Å². The van der Waals surface area contributed by atoms with Crippen LogP contribution in [0.2, 0.25) is 0 Å². The topological polar surface area (TPSA) is 77.5 Å². The van der Waals surface area contributed by atoms with Crippen LogP contribution in [0.15, 0.2) is 17.3 Å². The van der Waals surface area contributed by atoms with Gasteiger partial charge in [0.25, 0.3) is 0 Å². The van der Waals surface area contributed by atoms with Crippen LogP contribution in [0.5, 0.6) is 0 Å². The van der Waals surface area contributed by atoms with Crippen LogP contribution in [0.25, 0.3) is 0 Å². The maximum absolute atomic E-state index is 13.9. The van der Waals surface area contributed by atoms with E-state index in [1.165, 1.54) is 5.71 Å². The zero-order chi connectivity index (χ0) is 24.2. The minimum atomic E-state index is -0.682. The van der Waals surface area contributed by atoms with Gasteiger partial charge in [-0.25, -0.2) is 13.6 Å². The van der Waals surface area contributed by atoms with Gasteiger partial charge in [-0.15, -0.1) is 0 Å². The number of halogens is 2. The van der Waals surface area contributed by atoms with E-state index in [2.05, 4.69) is 27.3 Å². The third kappa shape index (κ3) is 6.36. The molecule has 0 bridgehead atoms.